The first-order chi connectivity index (χ1) is 18.6. The Balaban J connectivity index is -0.0000000309. The second kappa shape index (κ2) is 91.4. The van der Waals surface area contributed by atoms with Crippen molar-refractivity contribution in [1.82, 2.24) is 9.97 Å². The first-order valence-electron chi connectivity index (χ1n) is 12.6. The molecule has 50 heavy (non-hydrogen) atoms. The predicted molar refractivity (Wildman–Crippen MR) is 218 cm³/mol. The molecule has 295 valence electrons. The SMILES string of the molecule is C.CC.CC(=O)SCCCCCCCCCCCc1ccnc(-c2cc(C)ccn2)c1.[2HH].[B].[CH-]=O.[CH-]=O.[CH-]=O.[CH-]=O.[CH3-].[CH3-].[NH2-].[NH2-].[NH2-].[NH2-].[NH2-].[NH2-].[Ru+6].[Ru+6]. The van der Waals surface area contributed by atoms with Crippen LogP contribution in [-0.4, -0.2) is 56.4 Å². The zero-order chi connectivity index (χ0) is 30.0. The van der Waals surface area contributed by atoms with E-state index in [9.17, 15) is 4.79 Å². The van der Waals surface area contributed by atoms with Gasteiger partial charge in [0, 0.05) is 34.9 Å². The van der Waals surface area contributed by atoms with Crippen molar-refractivity contribution in [2.45, 2.75) is 99.3 Å². The number of unbranched alkanes of at least 4 members (excludes halogenated alkanes) is 8. The Morgan fingerprint density at radius 2 is 0.960 bits per heavy atom. The standard InChI is InChI=1S/C24H34N2OS.C2H6.4CHO.CH4.2CH3.B.6H2N.2Ru.H2/c1-20-13-15-25-23(18-20)24-19-22(14-16-26-24)12-10-8-6-4-3-5-7-9-11-17-28-21(2)27;5*1-2;;;;;;;;;;;;;/h13-16,18-19H,3-12,17H2,1-2H3;1-2H3;4*1H;1H4;2*1H3;;6*1H2;;;1H/q;;4*-1;;2*-1;;6*-1;2*+6;/i;;;;;;;;;;;;;;;;;;1+1. The molecule has 3 radical (unpaired) electrons. The van der Waals surface area contributed by atoms with Gasteiger partial charge in [-0.25, -0.2) is 0 Å². The van der Waals surface area contributed by atoms with Gasteiger partial charge in [0.2, 0.25) is 0 Å². The summed E-state index contributed by atoms with van der Waals surface area (Å²) in [6.45, 7) is 20.7. The fourth-order valence-electron chi connectivity index (χ4n) is 3.33. The molecule has 0 fully saturated rings. The van der Waals surface area contributed by atoms with Gasteiger partial charge in [0.1, 0.15) is 0 Å². The Labute approximate surface area is 341 Å². The van der Waals surface area contributed by atoms with Crippen LogP contribution in [0.1, 0.15) is 98.5 Å². The molecule has 0 atom stereocenters. The van der Waals surface area contributed by atoms with Gasteiger partial charge in [0.25, 0.3) is 0 Å². The molecule has 2 rings (SSSR count). The van der Waals surface area contributed by atoms with Crippen molar-refractivity contribution in [2.75, 3.05) is 5.75 Å². The molecular formula is C33H68BN8O5Ru2S. The third-order valence-electron chi connectivity index (χ3n) is 4.92. The zero-order valence-electron chi connectivity index (χ0n) is 30.1. The summed E-state index contributed by atoms with van der Waals surface area (Å²) in [4.78, 5) is 50.8. The van der Waals surface area contributed by atoms with Crippen molar-refractivity contribution in [3.63, 3.8) is 0 Å². The molecule has 0 saturated carbocycles. The second-order valence-corrected chi connectivity index (χ2v) is 8.81. The zero-order valence-corrected chi connectivity index (χ0v) is 34.4. The number of aryl methyl sites for hydroxylation is 2. The van der Waals surface area contributed by atoms with E-state index in [-0.39, 0.29) is 113 Å². The molecule has 2 aromatic heterocycles. The number of hydrogen-bond donors (Lipinski definition) is 0. The minimum absolute atomic E-state index is 0. The summed E-state index contributed by atoms with van der Waals surface area (Å²) in [6, 6.07) is 8.42. The number of thioether (sulfide) groups is 1. The van der Waals surface area contributed by atoms with Crippen molar-refractivity contribution in [3.8, 4) is 11.4 Å². The molecule has 2 heterocycles. The van der Waals surface area contributed by atoms with E-state index in [1.54, 1.807) is 6.92 Å². The maximum Gasteiger partial charge on any atom is 6.00 e. The van der Waals surface area contributed by atoms with Gasteiger partial charge in [-0.15, -0.1) is 0 Å². The Bertz CT molecular complexity index is 831. The average molecular weight is 903 g/mol. The van der Waals surface area contributed by atoms with E-state index in [4.69, 9.17) is 19.2 Å². The minimum Gasteiger partial charge on any atom is -0.693 e. The summed E-state index contributed by atoms with van der Waals surface area (Å²) >= 11 is 1.46. The monoisotopic (exact) mass is 904 g/mol. The summed E-state index contributed by atoms with van der Waals surface area (Å²) in [5.74, 6) is 0.992. The van der Waals surface area contributed by atoms with Crippen LogP contribution in [0.5, 0.6) is 0 Å². The number of nitrogens with zero attached hydrogens (tertiary/aromatic N) is 2. The average Bonchev–Trinajstić information content (AvgIpc) is 2.99. The third-order valence-corrected chi connectivity index (χ3v) is 5.82. The van der Waals surface area contributed by atoms with Crippen molar-refractivity contribution >= 4 is 52.4 Å². The van der Waals surface area contributed by atoms with Crippen LogP contribution in [0, 0.1) is 21.8 Å². The van der Waals surface area contributed by atoms with E-state index in [1.165, 1.54) is 80.7 Å². The molecule has 0 bridgehead atoms. The van der Waals surface area contributed by atoms with Crippen molar-refractivity contribution in [2.24, 2.45) is 0 Å². The molecule has 0 amide bonds. The van der Waals surface area contributed by atoms with Gasteiger partial charge in [0.05, 0.1) is 11.4 Å². The van der Waals surface area contributed by atoms with Gasteiger partial charge in [-0.05, 0) is 61.6 Å². The third kappa shape index (κ3) is 68.1. The Morgan fingerprint density at radius 3 is 1.32 bits per heavy atom. The van der Waals surface area contributed by atoms with Gasteiger partial charge < -0.3 is 70.9 Å². The molecule has 17 heteroatoms. The number of aromatic nitrogens is 2. The van der Waals surface area contributed by atoms with Crippen LogP contribution in [0.4, 0.5) is 0 Å². The fourth-order valence-corrected chi connectivity index (χ4v) is 3.97. The van der Waals surface area contributed by atoms with Crippen LogP contribution in [-0.2, 0) is 69.3 Å². The first-order valence-corrected chi connectivity index (χ1v) is 13.6. The number of carbonyl (C=O) groups is 1. The van der Waals surface area contributed by atoms with E-state index in [0.717, 1.165) is 23.6 Å². The van der Waals surface area contributed by atoms with Crippen LogP contribution in [0.25, 0.3) is 48.3 Å². The van der Waals surface area contributed by atoms with Crippen LogP contribution in [0.2, 0.25) is 0 Å². The van der Waals surface area contributed by atoms with Gasteiger partial charge in [0.15, 0.2) is 5.12 Å². The Hall–Kier alpha value is -1.93. The molecule has 12 N–H and O–H groups in total. The summed E-state index contributed by atoms with van der Waals surface area (Å²) in [5, 5.41) is 0.245. The summed E-state index contributed by atoms with van der Waals surface area (Å²) in [5.41, 5.74) is 4.51. The van der Waals surface area contributed by atoms with Crippen molar-refractivity contribution in [1.29, 1.82) is 0 Å². The largest absolute Gasteiger partial charge is 6.00 e. The van der Waals surface area contributed by atoms with Crippen LogP contribution in [0.15, 0.2) is 36.7 Å². The van der Waals surface area contributed by atoms with Gasteiger partial charge >= 0.3 is 39.0 Å². The number of carbonyl (C=O) groups excluding carboxylic acids is 5. The normalized spacial score (nSPS) is 6.56. The number of nitrogens with two attached hydrogens (primary N) is 6. The van der Waals surface area contributed by atoms with Gasteiger partial charge in [-0.2, -0.15) is 0 Å². The van der Waals surface area contributed by atoms with Gasteiger partial charge in [-0.3, -0.25) is 41.9 Å². The fraction of sp³-hybridized carbons (Fsp3) is 0.485. The van der Waals surface area contributed by atoms with Gasteiger partial charge in [-0.1, -0.05) is 78.0 Å². The molecule has 0 saturated heterocycles. The smallest absolute Gasteiger partial charge is 0.693 e. The molecule has 2 aromatic rings. The maximum atomic E-state index is 10.8. The van der Waals surface area contributed by atoms with E-state index >= 15 is 0 Å². The number of hydrogen-bond acceptors (Lipinski definition) is 8. The molecule has 0 aliphatic carbocycles. The molecule has 13 nitrogen and oxygen atoms in total. The molecular weight excluding hydrogens is 833 g/mol. The Kier molecular flexibility index (Phi) is 189. The summed E-state index contributed by atoms with van der Waals surface area (Å²) in [7, 11) is 0. The molecule has 0 aliphatic heterocycles. The summed E-state index contributed by atoms with van der Waals surface area (Å²) < 4.78 is 0. The predicted octanol–water partition coefficient (Wildman–Crippen LogP) is 12.4. The molecule has 0 spiro atoms. The van der Waals surface area contributed by atoms with Crippen molar-refractivity contribution in [3.05, 3.63) is 99.5 Å². The molecule has 0 unspecified atom stereocenters. The topological polar surface area (TPSA) is 312 Å². The second-order valence-electron chi connectivity index (χ2n) is 7.54. The summed E-state index contributed by atoms with van der Waals surface area (Å²) in [6.07, 6.45) is 16.5. The quantitative estimate of drug-likeness (QED) is 0.0803. The van der Waals surface area contributed by atoms with Crippen molar-refractivity contribution < 1.29 is 64.4 Å². The van der Waals surface area contributed by atoms with Crippen LogP contribution >= 0.6 is 11.8 Å². The van der Waals surface area contributed by atoms with E-state index in [0.29, 0.717) is 0 Å². The maximum absolute atomic E-state index is 10.8. The molecule has 0 aliphatic rings. The first kappa shape index (κ1) is 104. The van der Waals surface area contributed by atoms with E-state index < -0.39 is 0 Å². The number of pyridine rings is 2. The van der Waals surface area contributed by atoms with Crippen LogP contribution < -0.4 is 0 Å². The number of rotatable bonds is 13. The van der Waals surface area contributed by atoms with E-state index in [2.05, 4.69) is 62.2 Å². The minimum atomic E-state index is 0. The molecule has 0 aromatic carbocycles. The van der Waals surface area contributed by atoms with E-state index in [1.807, 2.05) is 32.3 Å². The Morgan fingerprint density at radius 1 is 0.640 bits per heavy atom. The van der Waals surface area contributed by atoms with Crippen LogP contribution in [0.3, 0.4) is 0 Å².